The number of amides is 1. The molecule has 0 radical (unpaired) electrons. The van der Waals surface area contributed by atoms with Crippen molar-refractivity contribution < 1.29 is 27.4 Å². The first-order valence-electron chi connectivity index (χ1n) is 9.11. The van der Waals surface area contributed by atoms with Gasteiger partial charge in [0.15, 0.2) is 0 Å². The number of carbonyl (C=O) groups is 1. The van der Waals surface area contributed by atoms with Crippen molar-refractivity contribution in [3.63, 3.8) is 0 Å². The third-order valence-electron chi connectivity index (χ3n) is 4.22. The highest BCUT2D eigenvalue weighted by Crippen LogP contribution is 2.35. The molecule has 0 saturated carbocycles. The molecule has 8 heteroatoms. The number of fused-ring (bicyclic) bond motifs is 1. The minimum atomic E-state index is -4.52. The fourth-order valence-electron chi connectivity index (χ4n) is 2.76. The molecule has 0 aliphatic carbocycles. The average molecular weight is 435 g/mol. The Kier molecular flexibility index (Phi) is 7.23. The summed E-state index contributed by atoms with van der Waals surface area (Å²) in [6, 6.07) is 16.7. The number of alkyl halides is 3. The quantitative estimate of drug-likeness (QED) is 0.369. The van der Waals surface area contributed by atoms with Crippen LogP contribution in [-0.2, 0) is 15.7 Å². The van der Waals surface area contributed by atoms with Crippen LogP contribution in [0.15, 0.2) is 65.6 Å². The Morgan fingerprint density at radius 3 is 2.50 bits per heavy atom. The van der Waals surface area contributed by atoms with Gasteiger partial charge in [-0.25, -0.2) is 0 Å². The molecular weight excluding hydrogens is 415 g/mol. The molecule has 0 saturated heterocycles. The maximum Gasteiger partial charge on any atom is 0.416 e. The highest BCUT2D eigenvalue weighted by molar-refractivity contribution is 8.00. The number of halogens is 3. The summed E-state index contributed by atoms with van der Waals surface area (Å²) in [6.07, 6.45) is -4.52. The van der Waals surface area contributed by atoms with Crippen LogP contribution in [0.1, 0.15) is 5.56 Å². The zero-order valence-electron chi connectivity index (χ0n) is 16.2. The van der Waals surface area contributed by atoms with Crippen LogP contribution in [0, 0.1) is 0 Å². The van der Waals surface area contributed by atoms with Crippen molar-refractivity contribution in [3.8, 4) is 5.75 Å². The lowest BCUT2D eigenvalue weighted by Gasteiger charge is -2.15. The number of carbonyl (C=O) groups excluding carboxylic acids is 1. The molecule has 158 valence electrons. The Morgan fingerprint density at radius 2 is 1.77 bits per heavy atom. The van der Waals surface area contributed by atoms with Crippen LogP contribution in [0.3, 0.4) is 0 Å². The minimum Gasteiger partial charge on any atom is -0.489 e. The van der Waals surface area contributed by atoms with E-state index in [1.54, 1.807) is 0 Å². The Bertz CT molecular complexity index is 1020. The molecule has 0 aliphatic heterocycles. The van der Waals surface area contributed by atoms with Gasteiger partial charge in [-0.2, -0.15) is 13.2 Å². The van der Waals surface area contributed by atoms with Crippen LogP contribution in [0.4, 0.5) is 18.9 Å². The van der Waals surface area contributed by atoms with Crippen LogP contribution in [0.5, 0.6) is 5.75 Å². The van der Waals surface area contributed by atoms with E-state index < -0.39 is 17.6 Å². The van der Waals surface area contributed by atoms with Crippen LogP contribution < -0.4 is 10.1 Å². The Balaban J connectivity index is 1.69. The fourth-order valence-corrected chi connectivity index (χ4v) is 3.50. The van der Waals surface area contributed by atoms with Gasteiger partial charge in [-0.3, -0.25) is 4.79 Å². The van der Waals surface area contributed by atoms with E-state index in [-0.39, 0.29) is 30.4 Å². The van der Waals surface area contributed by atoms with Gasteiger partial charge in [-0.05, 0) is 41.1 Å². The maximum absolute atomic E-state index is 13.1. The van der Waals surface area contributed by atoms with Crippen molar-refractivity contribution >= 4 is 34.1 Å². The van der Waals surface area contributed by atoms with E-state index in [9.17, 15) is 18.0 Å². The highest BCUT2D eigenvalue weighted by Gasteiger charge is 2.31. The van der Waals surface area contributed by atoms with E-state index in [0.717, 1.165) is 27.8 Å². The predicted molar refractivity (Wildman–Crippen MR) is 112 cm³/mol. The molecule has 0 aromatic heterocycles. The summed E-state index contributed by atoms with van der Waals surface area (Å²) in [5, 5.41) is 4.67. The van der Waals surface area contributed by atoms with Gasteiger partial charge >= 0.3 is 6.18 Å². The van der Waals surface area contributed by atoms with Gasteiger partial charge in [-0.15, -0.1) is 11.8 Å². The first-order chi connectivity index (χ1) is 14.4. The van der Waals surface area contributed by atoms with Gasteiger partial charge in [0.2, 0.25) is 5.91 Å². The van der Waals surface area contributed by atoms with Crippen LogP contribution in [0.25, 0.3) is 10.8 Å². The molecule has 0 bridgehead atoms. The number of ether oxygens (including phenoxy) is 2. The number of methoxy groups -OCH3 is 1. The summed E-state index contributed by atoms with van der Waals surface area (Å²) in [4.78, 5) is 13.3. The largest absolute Gasteiger partial charge is 0.489 e. The van der Waals surface area contributed by atoms with Gasteiger partial charge in [0.1, 0.15) is 12.4 Å². The van der Waals surface area contributed by atoms with Crippen LogP contribution >= 0.6 is 11.8 Å². The molecule has 0 unspecified atom stereocenters. The summed E-state index contributed by atoms with van der Waals surface area (Å²) < 4.78 is 49.5. The summed E-state index contributed by atoms with van der Waals surface area (Å²) in [5.74, 6) is -0.222. The number of nitrogens with one attached hydrogen (secondary N) is 1. The van der Waals surface area contributed by atoms with Crippen molar-refractivity contribution in [1.29, 1.82) is 0 Å². The number of hydrogen-bond acceptors (Lipinski definition) is 4. The van der Waals surface area contributed by atoms with E-state index in [1.807, 2.05) is 42.5 Å². The topological polar surface area (TPSA) is 47.6 Å². The lowest BCUT2D eigenvalue weighted by Crippen LogP contribution is -2.16. The zero-order valence-corrected chi connectivity index (χ0v) is 17.0. The van der Waals surface area contributed by atoms with Gasteiger partial charge in [-0.1, -0.05) is 30.3 Å². The van der Waals surface area contributed by atoms with Crippen molar-refractivity contribution in [2.75, 3.05) is 31.4 Å². The molecule has 0 atom stereocenters. The molecule has 0 spiro atoms. The molecule has 30 heavy (non-hydrogen) atoms. The van der Waals surface area contributed by atoms with Crippen LogP contribution in [-0.4, -0.2) is 32.0 Å². The molecule has 1 amide bonds. The first kappa shape index (κ1) is 22.0. The second-order valence-electron chi connectivity index (χ2n) is 6.40. The molecule has 0 heterocycles. The molecule has 0 aliphatic rings. The monoisotopic (exact) mass is 435 g/mol. The molecule has 3 rings (SSSR count). The number of rotatable bonds is 8. The Morgan fingerprint density at radius 1 is 1.00 bits per heavy atom. The van der Waals surface area contributed by atoms with Gasteiger partial charge < -0.3 is 14.8 Å². The Hall–Kier alpha value is -2.71. The van der Waals surface area contributed by atoms with E-state index in [1.165, 1.54) is 24.9 Å². The molecule has 0 fully saturated rings. The molecular formula is C22H20F3NO3S. The minimum absolute atomic E-state index is 0.0231. The fraction of sp³-hybridized carbons (Fsp3) is 0.227. The van der Waals surface area contributed by atoms with E-state index >= 15 is 0 Å². The zero-order chi connectivity index (χ0) is 21.6. The molecule has 3 aromatic carbocycles. The second kappa shape index (κ2) is 9.86. The van der Waals surface area contributed by atoms with E-state index in [0.29, 0.717) is 0 Å². The summed E-state index contributed by atoms with van der Waals surface area (Å²) in [7, 11) is 1.49. The smallest absolute Gasteiger partial charge is 0.416 e. The second-order valence-corrected chi connectivity index (χ2v) is 7.44. The first-order valence-corrected chi connectivity index (χ1v) is 10.1. The molecule has 4 nitrogen and oxygen atoms in total. The van der Waals surface area contributed by atoms with Gasteiger partial charge in [0, 0.05) is 12.0 Å². The lowest BCUT2D eigenvalue weighted by molar-refractivity contribution is -0.137. The number of benzene rings is 3. The van der Waals surface area contributed by atoms with Crippen molar-refractivity contribution in [2.24, 2.45) is 0 Å². The maximum atomic E-state index is 13.1. The summed E-state index contributed by atoms with van der Waals surface area (Å²) in [6.45, 7) is 0.419. The van der Waals surface area contributed by atoms with E-state index in [4.69, 9.17) is 9.47 Å². The Labute approximate surface area is 176 Å². The molecule has 1 N–H and O–H groups in total. The van der Waals surface area contributed by atoms with Crippen molar-refractivity contribution in [1.82, 2.24) is 0 Å². The normalized spacial score (nSPS) is 11.5. The third-order valence-corrected chi connectivity index (χ3v) is 5.21. The van der Waals surface area contributed by atoms with Crippen LogP contribution in [0.2, 0.25) is 0 Å². The van der Waals surface area contributed by atoms with E-state index in [2.05, 4.69) is 5.32 Å². The SMILES string of the molecule is COCCOc1ccc(C(F)(F)F)cc1NC(=O)CSc1ccc2ccccc2c1. The number of hydrogen-bond donors (Lipinski definition) is 1. The average Bonchev–Trinajstić information content (AvgIpc) is 2.72. The predicted octanol–water partition coefficient (Wildman–Crippen LogP) is 5.61. The highest BCUT2D eigenvalue weighted by atomic mass is 32.2. The number of anilines is 1. The van der Waals surface area contributed by atoms with Crippen molar-refractivity contribution in [2.45, 2.75) is 11.1 Å². The third kappa shape index (κ3) is 5.90. The summed E-state index contributed by atoms with van der Waals surface area (Å²) in [5.41, 5.74) is -0.885. The van der Waals surface area contributed by atoms with Gasteiger partial charge in [0.25, 0.3) is 0 Å². The van der Waals surface area contributed by atoms with Gasteiger partial charge in [0.05, 0.1) is 23.6 Å². The number of thioether (sulfide) groups is 1. The standard InChI is InChI=1S/C22H20F3NO3S/c1-28-10-11-29-20-9-7-17(22(23,24)25)13-19(20)26-21(27)14-30-18-8-6-15-4-2-3-5-16(15)12-18/h2-9,12-13H,10-11,14H2,1H3,(H,26,27). The summed E-state index contributed by atoms with van der Waals surface area (Å²) >= 11 is 1.30. The van der Waals surface area contributed by atoms with Crippen molar-refractivity contribution in [3.05, 3.63) is 66.2 Å². The molecule has 3 aromatic rings. The lowest BCUT2D eigenvalue weighted by atomic mass is 10.1.